The number of aromatic nitrogens is 1. The number of rotatable bonds is 5. The number of anilines is 1. The van der Waals surface area contributed by atoms with Crippen LogP contribution in [0.2, 0.25) is 5.02 Å². The molecule has 29 heavy (non-hydrogen) atoms. The van der Waals surface area contributed by atoms with Crippen LogP contribution in [0.15, 0.2) is 36.4 Å². The van der Waals surface area contributed by atoms with Crippen molar-refractivity contribution in [2.45, 2.75) is 13.8 Å². The number of hydrogen-bond acceptors (Lipinski definition) is 5. The molecule has 7 heteroatoms. The van der Waals surface area contributed by atoms with Crippen LogP contribution in [0.5, 0.6) is 0 Å². The lowest BCUT2D eigenvalue weighted by Gasteiger charge is -2.34. The first-order chi connectivity index (χ1) is 14.0. The highest BCUT2D eigenvalue weighted by Gasteiger charge is 2.20. The normalized spacial score (nSPS) is 15.1. The topological polar surface area (TPSA) is 48.5 Å². The maximum atomic E-state index is 12.3. The number of carbonyl (C=O) groups is 1. The quantitative estimate of drug-likeness (QED) is 0.664. The smallest absolute Gasteiger partial charge is 0.252 e. The molecule has 0 bridgehead atoms. The van der Waals surface area contributed by atoms with Gasteiger partial charge in [0.1, 0.15) is 0 Å². The van der Waals surface area contributed by atoms with Gasteiger partial charge in [-0.15, -0.1) is 0 Å². The van der Waals surface area contributed by atoms with E-state index in [4.69, 9.17) is 16.6 Å². The lowest BCUT2D eigenvalue weighted by atomic mass is 10.1. The molecule has 1 aliphatic heterocycles. The summed E-state index contributed by atoms with van der Waals surface area (Å²) in [6.07, 6.45) is 0. The number of hydrogen-bond donors (Lipinski definition) is 1. The number of piperazine rings is 1. The Morgan fingerprint density at radius 1 is 1.17 bits per heavy atom. The third kappa shape index (κ3) is 4.55. The molecule has 0 atom stereocenters. The van der Waals surface area contributed by atoms with Gasteiger partial charge in [0.15, 0.2) is 5.13 Å². The summed E-state index contributed by atoms with van der Waals surface area (Å²) >= 11 is 7.87. The van der Waals surface area contributed by atoms with E-state index in [1.54, 1.807) is 23.5 Å². The number of aryl methyl sites for hydroxylation is 2. The number of halogens is 1. The Kier molecular flexibility index (Phi) is 6.04. The van der Waals surface area contributed by atoms with E-state index in [0.717, 1.165) is 43.4 Å². The van der Waals surface area contributed by atoms with E-state index in [-0.39, 0.29) is 5.91 Å². The average Bonchev–Trinajstić information content (AvgIpc) is 3.13. The van der Waals surface area contributed by atoms with Crippen molar-refractivity contribution in [3.63, 3.8) is 0 Å². The highest BCUT2D eigenvalue weighted by Crippen LogP contribution is 2.32. The first kappa shape index (κ1) is 20.1. The number of fused-ring (bicyclic) bond motifs is 1. The van der Waals surface area contributed by atoms with Gasteiger partial charge in [-0.2, -0.15) is 0 Å². The lowest BCUT2D eigenvalue weighted by Crippen LogP contribution is -2.48. The molecule has 0 saturated carbocycles. The van der Waals surface area contributed by atoms with Gasteiger partial charge in [0.25, 0.3) is 5.91 Å². The summed E-state index contributed by atoms with van der Waals surface area (Å²) in [5.41, 5.74) is 4.19. The summed E-state index contributed by atoms with van der Waals surface area (Å²) in [5.74, 6) is -0.116. The molecular formula is C22H25ClN4OS. The van der Waals surface area contributed by atoms with Gasteiger partial charge < -0.3 is 10.2 Å². The van der Waals surface area contributed by atoms with Gasteiger partial charge >= 0.3 is 0 Å². The Balaban J connectivity index is 1.28. The summed E-state index contributed by atoms with van der Waals surface area (Å²) in [6.45, 7) is 9.57. The van der Waals surface area contributed by atoms with Gasteiger partial charge in [-0.3, -0.25) is 9.69 Å². The second-order valence-electron chi connectivity index (χ2n) is 7.49. The highest BCUT2D eigenvalue weighted by atomic mass is 35.5. The Morgan fingerprint density at radius 2 is 1.93 bits per heavy atom. The largest absolute Gasteiger partial charge is 0.351 e. The molecule has 2 heterocycles. The predicted octanol–water partition coefficient (Wildman–Crippen LogP) is 4.12. The molecule has 0 spiro atoms. The molecule has 0 aliphatic carbocycles. The van der Waals surface area contributed by atoms with Crippen molar-refractivity contribution in [1.82, 2.24) is 15.2 Å². The van der Waals surface area contributed by atoms with E-state index >= 15 is 0 Å². The van der Waals surface area contributed by atoms with E-state index in [1.165, 1.54) is 15.8 Å². The fourth-order valence-electron chi connectivity index (χ4n) is 3.73. The van der Waals surface area contributed by atoms with Gasteiger partial charge in [-0.05, 0) is 43.2 Å². The van der Waals surface area contributed by atoms with Crippen molar-refractivity contribution in [1.29, 1.82) is 0 Å². The van der Waals surface area contributed by atoms with Crippen molar-refractivity contribution < 1.29 is 4.79 Å². The molecule has 0 unspecified atom stereocenters. The van der Waals surface area contributed by atoms with E-state index in [1.807, 2.05) is 12.1 Å². The van der Waals surface area contributed by atoms with Crippen molar-refractivity contribution in [3.05, 3.63) is 58.1 Å². The summed E-state index contributed by atoms with van der Waals surface area (Å²) in [6, 6.07) is 11.5. The fourth-order valence-corrected chi connectivity index (χ4v) is 5.02. The van der Waals surface area contributed by atoms with Crippen molar-refractivity contribution in [3.8, 4) is 0 Å². The predicted molar refractivity (Wildman–Crippen MR) is 122 cm³/mol. The maximum absolute atomic E-state index is 12.3. The average molecular weight is 429 g/mol. The number of nitrogens with one attached hydrogen (secondary N) is 1. The van der Waals surface area contributed by atoms with Crippen LogP contribution in [0, 0.1) is 13.8 Å². The zero-order chi connectivity index (χ0) is 20.4. The Hall–Kier alpha value is -2.15. The molecule has 1 saturated heterocycles. The van der Waals surface area contributed by atoms with Crippen LogP contribution in [0.4, 0.5) is 5.13 Å². The van der Waals surface area contributed by atoms with Crippen LogP contribution >= 0.6 is 22.9 Å². The van der Waals surface area contributed by atoms with Crippen LogP contribution in [0.25, 0.3) is 10.2 Å². The third-order valence-corrected chi connectivity index (χ3v) is 6.88. The third-order valence-electron chi connectivity index (χ3n) is 5.28. The Morgan fingerprint density at radius 3 is 2.69 bits per heavy atom. The minimum Gasteiger partial charge on any atom is -0.351 e. The molecule has 1 N–H and O–H groups in total. The summed E-state index contributed by atoms with van der Waals surface area (Å²) in [5, 5.41) is 4.57. The highest BCUT2D eigenvalue weighted by molar-refractivity contribution is 7.22. The molecular weight excluding hydrogens is 404 g/mol. The number of carbonyl (C=O) groups excluding carboxylic acids is 1. The second kappa shape index (κ2) is 8.69. The molecule has 1 aliphatic rings. The van der Waals surface area contributed by atoms with Gasteiger partial charge in [-0.1, -0.05) is 41.1 Å². The van der Waals surface area contributed by atoms with Gasteiger partial charge in [0.2, 0.25) is 0 Å². The number of benzene rings is 2. The first-order valence-electron chi connectivity index (χ1n) is 9.89. The molecule has 1 amide bonds. The van der Waals surface area contributed by atoms with E-state index in [0.29, 0.717) is 17.1 Å². The Labute approximate surface area is 180 Å². The second-order valence-corrected chi connectivity index (χ2v) is 8.88. The van der Waals surface area contributed by atoms with Crippen LogP contribution in [0.1, 0.15) is 21.5 Å². The fraction of sp³-hybridized carbons (Fsp3) is 0.364. The van der Waals surface area contributed by atoms with E-state index < -0.39 is 0 Å². The molecule has 2 aromatic carbocycles. The molecule has 3 aromatic rings. The molecule has 152 valence electrons. The summed E-state index contributed by atoms with van der Waals surface area (Å²) in [4.78, 5) is 21.9. The number of thiazole rings is 1. The molecule has 4 rings (SSSR count). The van der Waals surface area contributed by atoms with E-state index in [2.05, 4.69) is 41.1 Å². The molecule has 5 nitrogen and oxygen atoms in total. The van der Waals surface area contributed by atoms with Gasteiger partial charge in [0, 0.05) is 39.3 Å². The minimum atomic E-state index is -0.116. The Bertz CT molecular complexity index is 1030. The first-order valence-corrected chi connectivity index (χ1v) is 11.1. The van der Waals surface area contributed by atoms with Crippen molar-refractivity contribution in [2.75, 3.05) is 44.2 Å². The maximum Gasteiger partial charge on any atom is 0.252 e. The van der Waals surface area contributed by atoms with Crippen molar-refractivity contribution >= 4 is 44.2 Å². The molecule has 1 fully saturated rings. The number of nitrogens with zero attached hydrogens (tertiary/aromatic N) is 3. The monoisotopic (exact) mass is 428 g/mol. The lowest BCUT2D eigenvalue weighted by molar-refractivity contribution is 0.0948. The summed E-state index contributed by atoms with van der Waals surface area (Å²) in [7, 11) is 0. The van der Waals surface area contributed by atoms with Gasteiger partial charge in [0.05, 0.1) is 20.8 Å². The van der Waals surface area contributed by atoms with E-state index in [9.17, 15) is 4.79 Å². The minimum absolute atomic E-state index is 0.116. The zero-order valence-electron chi connectivity index (χ0n) is 16.7. The van der Waals surface area contributed by atoms with Crippen LogP contribution in [-0.2, 0) is 0 Å². The summed E-state index contributed by atoms with van der Waals surface area (Å²) < 4.78 is 1.29. The van der Waals surface area contributed by atoms with Crippen LogP contribution in [-0.4, -0.2) is 55.1 Å². The zero-order valence-corrected chi connectivity index (χ0v) is 18.3. The molecule has 0 radical (unpaired) electrons. The van der Waals surface area contributed by atoms with Crippen LogP contribution < -0.4 is 10.2 Å². The molecule has 1 aromatic heterocycles. The van der Waals surface area contributed by atoms with Gasteiger partial charge in [-0.25, -0.2) is 4.98 Å². The number of amides is 1. The van der Waals surface area contributed by atoms with Crippen molar-refractivity contribution in [2.24, 2.45) is 0 Å². The standard InChI is InChI=1S/C22H25ClN4OS/c1-15-13-16(2)20-19(14-15)25-22(29-20)27-11-9-26(10-12-27)8-7-24-21(28)17-5-3-4-6-18(17)23/h3-6,13-14H,7-12H2,1-2H3,(H,24,28). The SMILES string of the molecule is Cc1cc(C)c2sc(N3CCN(CCNC(=O)c4ccccc4Cl)CC3)nc2c1. The van der Waals surface area contributed by atoms with Crippen LogP contribution in [0.3, 0.4) is 0 Å².